The highest BCUT2D eigenvalue weighted by atomic mass is 16.2. The van der Waals surface area contributed by atoms with Gasteiger partial charge in [-0.2, -0.15) is 0 Å². The van der Waals surface area contributed by atoms with E-state index in [4.69, 9.17) is 0 Å². The molecule has 0 saturated carbocycles. The normalized spacial score (nSPS) is 22.6. The summed E-state index contributed by atoms with van der Waals surface area (Å²) in [4.78, 5) is 23.9. The fourth-order valence-electron chi connectivity index (χ4n) is 1.61. The van der Waals surface area contributed by atoms with Crippen molar-refractivity contribution in [3.63, 3.8) is 0 Å². The van der Waals surface area contributed by atoms with E-state index in [1.165, 1.54) is 6.92 Å². The molecule has 4 nitrogen and oxygen atoms in total. The summed E-state index contributed by atoms with van der Waals surface area (Å²) in [6, 6.07) is 0.235. The molecule has 1 atom stereocenters. The standard InChI is InChI=1S/C9H16N2O2/c1-6(2)11-5-8(4-9(11)13)10-7(3)12/h6,8H,4-5H2,1-3H3,(H,10,12). The van der Waals surface area contributed by atoms with Crippen LogP contribution in [0.15, 0.2) is 0 Å². The van der Waals surface area contributed by atoms with Crippen LogP contribution in [0.1, 0.15) is 27.2 Å². The molecule has 74 valence electrons. The van der Waals surface area contributed by atoms with Gasteiger partial charge in [0, 0.05) is 25.9 Å². The highest BCUT2D eigenvalue weighted by Crippen LogP contribution is 2.13. The van der Waals surface area contributed by atoms with Crippen LogP contribution >= 0.6 is 0 Å². The van der Waals surface area contributed by atoms with Gasteiger partial charge in [0.05, 0.1) is 6.04 Å². The third-order valence-corrected chi connectivity index (χ3v) is 2.19. The maximum atomic E-state index is 11.4. The van der Waals surface area contributed by atoms with Gasteiger partial charge in [-0.05, 0) is 13.8 Å². The fourth-order valence-corrected chi connectivity index (χ4v) is 1.61. The van der Waals surface area contributed by atoms with Gasteiger partial charge in [-0.1, -0.05) is 0 Å². The Morgan fingerprint density at radius 2 is 2.23 bits per heavy atom. The quantitative estimate of drug-likeness (QED) is 0.663. The highest BCUT2D eigenvalue weighted by molar-refractivity contribution is 5.81. The topological polar surface area (TPSA) is 49.4 Å². The van der Waals surface area contributed by atoms with Gasteiger partial charge in [0.2, 0.25) is 11.8 Å². The van der Waals surface area contributed by atoms with Gasteiger partial charge in [-0.3, -0.25) is 9.59 Å². The number of amides is 2. The highest BCUT2D eigenvalue weighted by Gasteiger charge is 2.31. The van der Waals surface area contributed by atoms with Gasteiger partial charge >= 0.3 is 0 Å². The molecular weight excluding hydrogens is 168 g/mol. The van der Waals surface area contributed by atoms with Crippen molar-refractivity contribution in [2.24, 2.45) is 0 Å². The molecule has 0 bridgehead atoms. The molecule has 1 rings (SSSR count). The van der Waals surface area contributed by atoms with Crippen LogP contribution in [0.4, 0.5) is 0 Å². The van der Waals surface area contributed by atoms with Crippen LogP contribution in [0, 0.1) is 0 Å². The molecule has 2 amide bonds. The molecule has 4 heteroatoms. The van der Waals surface area contributed by atoms with E-state index in [1.54, 1.807) is 4.90 Å². The summed E-state index contributed by atoms with van der Waals surface area (Å²) in [6.07, 6.45) is 0.442. The van der Waals surface area contributed by atoms with Gasteiger partial charge in [0.15, 0.2) is 0 Å². The molecule has 1 aliphatic heterocycles. The zero-order valence-electron chi connectivity index (χ0n) is 8.33. The summed E-state index contributed by atoms with van der Waals surface area (Å²) in [7, 11) is 0. The Morgan fingerprint density at radius 1 is 1.62 bits per heavy atom. The molecule has 0 aromatic rings. The van der Waals surface area contributed by atoms with Gasteiger partial charge < -0.3 is 10.2 Å². The summed E-state index contributed by atoms with van der Waals surface area (Å²) < 4.78 is 0. The van der Waals surface area contributed by atoms with Gasteiger partial charge in [0.25, 0.3) is 0 Å². The molecule has 0 spiro atoms. The molecule has 0 radical (unpaired) electrons. The first-order valence-electron chi connectivity index (χ1n) is 4.57. The van der Waals surface area contributed by atoms with Crippen LogP contribution in [-0.4, -0.2) is 35.3 Å². The maximum absolute atomic E-state index is 11.4. The summed E-state index contributed by atoms with van der Waals surface area (Å²) in [5.41, 5.74) is 0. The van der Waals surface area contributed by atoms with Crippen LogP contribution in [0.25, 0.3) is 0 Å². The summed E-state index contributed by atoms with van der Waals surface area (Å²) in [5, 5.41) is 2.76. The van der Waals surface area contributed by atoms with Crippen molar-refractivity contribution in [2.75, 3.05) is 6.54 Å². The smallest absolute Gasteiger partial charge is 0.225 e. The Hall–Kier alpha value is -1.06. The van der Waals surface area contributed by atoms with E-state index in [-0.39, 0.29) is 23.9 Å². The van der Waals surface area contributed by atoms with Crippen LogP contribution in [-0.2, 0) is 9.59 Å². The zero-order valence-corrected chi connectivity index (χ0v) is 8.33. The molecule has 1 aliphatic rings. The third kappa shape index (κ3) is 2.44. The number of carbonyl (C=O) groups excluding carboxylic acids is 2. The summed E-state index contributed by atoms with van der Waals surface area (Å²) in [6.45, 7) is 6.08. The molecule has 1 N–H and O–H groups in total. The van der Waals surface area contributed by atoms with E-state index in [2.05, 4.69) is 5.32 Å². The van der Waals surface area contributed by atoms with E-state index >= 15 is 0 Å². The van der Waals surface area contributed by atoms with Crippen LogP contribution in [0.2, 0.25) is 0 Å². The minimum atomic E-state index is -0.0663. The number of likely N-dealkylation sites (tertiary alicyclic amines) is 1. The minimum absolute atomic E-state index is 0.00685. The molecular formula is C9H16N2O2. The molecule has 0 aliphatic carbocycles. The predicted molar refractivity (Wildman–Crippen MR) is 49.1 cm³/mol. The predicted octanol–water partition coefficient (Wildman–Crippen LogP) is 0.132. The molecule has 1 saturated heterocycles. The largest absolute Gasteiger partial charge is 0.351 e. The Bertz CT molecular complexity index is 226. The second kappa shape index (κ2) is 3.77. The number of hydrogen-bond acceptors (Lipinski definition) is 2. The molecule has 0 aromatic carbocycles. The second-order valence-corrected chi connectivity index (χ2v) is 3.74. The number of carbonyl (C=O) groups is 2. The lowest BCUT2D eigenvalue weighted by Gasteiger charge is -2.20. The first kappa shape index (κ1) is 10.0. The fraction of sp³-hybridized carbons (Fsp3) is 0.778. The van der Waals surface area contributed by atoms with Crippen LogP contribution < -0.4 is 5.32 Å². The van der Waals surface area contributed by atoms with Gasteiger partial charge in [-0.15, -0.1) is 0 Å². The van der Waals surface area contributed by atoms with Crippen molar-refractivity contribution < 1.29 is 9.59 Å². The van der Waals surface area contributed by atoms with E-state index < -0.39 is 0 Å². The number of rotatable bonds is 2. The average molecular weight is 184 g/mol. The molecule has 1 heterocycles. The monoisotopic (exact) mass is 184 g/mol. The summed E-state index contributed by atoms with van der Waals surface area (Å²) >= 11 is 0. The average Bonchev–Trinajstić information content (AvgIpc) is 2.29. The van der Waals surface area contributed by atoms with Crippen molar-refractivity contribution in [1.82, 2.24) is 10.2 Å². The van der Waals surface area contributed by atoms with E-state index in [0.717, 1.165) is 0 Å². The molecule has 1 unspecified atom stereocenters. The first-order valence-corrected chi connectivity index (χ1v) is 4.57. The van der Waals surface area contributed by atoms with Crippen molar-refractivity contribution in [2.45, 2.75) is 39.3 Å². The molecule has 13 heavy (non-hydrogen) atoms. The van der Waals surface area contributed by atoms with Crippen molar-refractivity contribution in [3.8, 4) is 0 Å². The SMILES string of the molecule is CC(=O)NC1CC(=O)N(C(C)C)C1. The Balaban J connectivity index is 2.50. The lowest BCUT2D eigenvalue weighted by molar-refractivity contribution is -0.129. The Labute approximate surface area is 78.3 Å². The van der Waals surface area contributed by atoms with Gasteiger partial charge in [0.1, 0.15) is 0 Å². The van der Waals surface area contributed by atoms with Crippen LogP contribution in [0.3, 0.4) is 0 Å². The van der Waals surface area contributed by atoms with Crippen molar-refractivity contribution in [1.29, 1.82) is 0 Å². The number of nitrogens with one attached hydrogen (secondary N) is 1. The number of nitrogens with zero attached hydrogens (tertiary/aromatic N) is 1. The lowest BCUT2D eigenvalue weighted by atomic mass is 10.2. The zero-order chi connectivity index (χ0) is 10.0. The Kier molecular flexibility index (Phi) is 2.90. The minimum Gasteiger partial charge on any atom is -0.351 e. The summed E-state index contributed by atoms with van der Waals surface area (Å²) in [5.74, 6) is 0.0668. The maximum Gasteiger partial charge on any atom is 0.225 e. The Morgan fingerprint density at radius 3 is 2.62 bits per heavy atom. The van der Waals surface area contributed by atoms with Crippen LogP contribution in [0.5, 0.6) is 0 Å². The van der Waals surface area contributed by atoms with Crippen molar-refractivity contribution in [3.05, 3.63) is 0 Å². The molecule has 1 fully saturated rings. The van der Waals surface area contributed by atoms with E-state index in [0.29, 0.717) is 13.0 Å². The second-order valence-electron chi connectivity index (χ2n) is 3.74. The molecule has 0 aromatic heterocycles. The lowest BCUT2D eigenvalue weighted by Crippen LogP contribution is -2.37. The first-order chi connectivity index (χ1) is 6.00. The number of hydrogen-bond donors (Lipinski definition) is 1. The van der Waals surface area contributed by atoms with E-state index in [9.17, 15) is 9.59 Å². The van der Waals surface area contributed by atoms with Crippen molar-refractivity contribution >= 4 is 11.8 Å². The van der Waals surface area contributed by atoms with E-state index in [1.807, 2.05) is 13.8 Å². The van der Waals surface area contributed by atoms with Gasteiger partial charge in [-0.25, -0.2) is 0 Å². The third-order valence-electron chi connectivity index (χ3n) is 2.19.